The van der Waals surface area contributed by atoms with Crippen molar-refractivity contribution in [3.05, 3.63) is 57.7 Å². The van der Waals surface area contributed by atoms with E-state index in [4.69, 9.17) is 14.5 Å². The van der Waals surface area contributed by atoms with Crippen molar-refractivity contribution in [2.24, 2.45) is 0 Å². The summed E-state index contributed by atoms with van der Waals surface area (Å²) in [7, 11) is 0. The van der Waals surface area contributed by atoms with E-state index in [0.29, 0.717) is 0 Å². The first-order valence-electron chi connectivity index (χ1n) is 9.82. The van der Waals surface area contributed by atoms with Gasteiger partial charge in [0.2, 0.25) is 12.7 Å². The number of rotatable bonds is 5. The number of hydrogen-bond acceptors (Lipinski definition) is 7. The van der Waals surface area contributed by atoms with E-state index in [2.05, 4.69) is 27.8 Å². The first-order chi connectivity index (χ1) is 14.7. The number of nitrogens with zero attached hydrogens (tertiary/aromatic N) is 3. The van der Waals surface area contributed by atoms with Crippen LogP contribution in [0.3, 0.4) is 0 Å². The number of hydrogen-bond donors (Lipinski definition) is 0. The van der Waals surface area contributed by atoms with Crippen LogP contribution in [0.5, 0.6) is 11.5 Å². The lowest BCUT2D eigenvalue weighted by atomic mass is 10.2. The molecular formula is C22H22ClN3O3S2. The number of thiazole rings is 1. The third-order valence-electron chi connectivity index (χ3n) is 5.18. The number of carbonyl (C=O) groups is 1. The van der Waals surface area contributed by atoms with E-state index in [0.717, 1.165) is 60.5 Å². The van der Waals surface area contributed by atoms with Gasteiger partial charge in [0.1, 0.15) is 5.01 Å². The molecule has 0 saturated carbocycles. The summed E-state index contributed by atoms with van der Waals surface area (Å²) in [5, 5.41) is 5.33. The molecule has 0 atom stereocenters. The Balaban J connectivity index is 0.00000231. The Labute approximate surface area is 195 Å². The zero-order valence-corrected chi connectivity index (χ0v) is 19.2. The minimum Gasteiger partial charge on any atom is -0.454 e. The Morgan fingerprint density at radius 1 is 1.10 bits per heavy atom. The number of amides is 1. The fraction of sp³-hybridized carbons (Fsp3) is 0.273. The lowest BCUT2D eigenvalue weighted by Gasteiger charge is -2.33. The normalized spacial score (nSPS) is 15.9. The topological polar surface area (TPSA) is 54.9 Å². The minimum atomic E-state index is 0. The van der Waals surface area contributed by atoms with Gasteiger partial charge in [-0.25, -0.2) is 4.98 Å². The molecule has 9 heteroatoms. The summed E-state index contributed by atoms with van der Waals surface area (Å²) in [5.41, 5.74) is 1.99. The van der Waals surface area contributed by atoms with Crippen molar-refractivity contribution < 1.29 is 14.3 Å². The molecule has 2 aliphatic rings. The molecule has 1 fully saturated rings. The third-order valence-corrected chi connectivity index (χ3v) is 6.91. The van der Waals surface area contributed by atoms with Gasteiger partial charge in [0, 0.05) is 37.6 Å². The second-order valence-electron chi connectivity index (χ2n) is 7.15. The molecule has 5 rings (SSSR count). The van der Waals surface area contributed by atoms with Crippen molar-refractivity contribution in [3.63, 3.8) is 0 Å². The Hall–Kier alpha value is -2.39. The van der Waals surface area contributed by atoms with Crippen LogP contribution in [0, 0.1) is 0 Å². The van der Waals surface area contributed by atoms with Crippen molar-refractivity contribution in [1.82, 2.24) is 14.8 Å². The van der Waals surface area contributed by atoms with Crippen LogP contribution in [0.15, 0.2) is 47.2 Å². The molecule has 162 valence electrons. The SMILES string of the molecule is Cl.O=C(/C=C/c1ccc2c(c1)OCO2)N1CCN(Cc2nc(-c3cccs3)cs2)CC1. The molecule has 2 aromatic heterocycles. The highest BCUT2D eigenvalue weighted by Crippen LogP contribution is 2.32. The predicted molar refractivity (Wildman–Crippen MR) is 126 cm³/mol. The highest BCUT2D eigenvalue weighted by atomic mass is 35.5. The first-order valence-corrected chi connectivity index (χ1v) is 11.6. The van der Waals surface area contributed by atoms with Crippen LogP contribution in [0.4, 0.5) is 0 Å². The van der Waals surface area contributed by atoms with Gasteiger partial charge >= 0.3 is 0 Å². The molecule has 0 spiro atoms. The second-order valence-corrected chi connectivity index (χ2v) is 9.04. The molecule has 0 N–H and O–H groups in total. The number of piperazine rings is 1. The Kier molecular flexibility index (Phi) is 6.92. The molecule has 31 heavy (non-hydrogen) atoms. The van der Waals surface area contributed by atoms with Crippen LogP contribution in [-0.4, -0.2) is 53.7 Å². The molecule has 1 saturated heterocycles. The number of ether oxygens (including phenoxy) is 2. The fourth-order valence-electron chi connectivity index (χ4n) is 3.53. The van der Waals surface area contributed by atoms with Crippen molar-refractivity contribution in [2.45, 2.75) is 6.54 Å². The summed E-state index contributed by atoms with van der Waals surface area (Å²) in [5.74, 6) is 1.52. The van der Waals surface area contributed by atoms with Gasteiger partial charge in [0.15, 0.2) is 11.5 Å². The van der Waals surface area contributed by atoms with Crippen molar-refractivity contribution >= 4 is 47.1 Å². The lowest BCUT2D eigenvalue weighted by Crippen LogP contribution is -2.47. The number of aromatic nitrogens is 1. The van der Waals surface area contributed by atoms with Gasteiger partial charge < -0.3 is 14.4 Å². The average molecular weight is 476 g/mol. The van der Waals surface area contributed by atoms with Crippen molar-refractivity contribution in [1.29, 1.82) is 0 Å². The summed E-state index contributed by atoms with van der Waals surface area (Å²) in [6.45, 7) is 4.27. The molecular weight excluding hydrogens is 454 g/mol. The molecule has 1 amide bonds. The maximum atomic E-state index is 12.6. The van der Waals surface area contributed by atoms with E-state index in [1.165, 1.54) is 4.88 Å². The molecule has 0 radical (unpaired) electrons. The maximum absolute atomic E-state index is 12.6. The largest absolute Gasteiger partial charge is 0.454 e. The fourth-order valence-corrected chi connectivity index (χ4v) is 5.12. The van der Waals surface area contributed by atoms with E-state index in [-0.39, 0.29) is 25.1 Å². The monoisotopic (exact) mass is 475 g/mol. The lowest BCUT2D eigenvalue weighted by molar-refractivity contribution is -0.127. The van der Waals surface area contributed by atoms with E-state index < -0.39 is 0 Å². The molecule has 6 nitrogen and oxygen atoms in total. The van der Waals surface area contributed by atoms with E-state index in [1.54, 1.807) is 28.7 Å². The van der Waals surface area contributed by atoms with Crippen LogP contribution in [0.1, 0.15) is 10.6 Å². The van der Waals surface area contributed by atoms with Crippen LogP contribution in [0.25, 0.3) is 16.6 Å². The Morgan fingerprint density at radius 3 is 2.74 bits per heavy atom. The van der Waals surface area contributed by atoms with Gasteiger partial charge in [-0.1, -0.05) is 12.1 Å². The number of benzene rings is 1. The van der Waals surface area contributed by atoms with Gasteiger partial charge in [-0.05, 0) is 35.2 Å². The smallest absolute Gasteiger partial charge is 0.246 e. The van der Waals surface area contributed by atoms with Gasteiger partial charge in [-0.15, -0.1) is 35.1 Å². The minimum absolute atomic E-state index is 0. The van der Waals surface area contributed by atoms with Crippen molar-refractivity contribution in [3.8, 4) is 22.1 Å². The molecule has 0 unspecified atom stereocenters. The summed E-state index contributed by atoms with van der Waals surface area (Å²) in [4.78, 5) is 22.8. The summed E-state index contributed by atoms with van der Waals surface area (Å²) < 4.78 is 10.7. The molecule has 0 bridgehead atoms. The van der Waals surface area contributed by atoms with Crippen LogP contribution in [-0.2, 0) is 11.3 Å². The van der Waals surface area contributed by atoms with E-state index >= 15 is 0 Å². The third kappa shape index (κ3) is 5.10. The van der Waals surface area contributed by atoms with E-state index in [1.807, 2.05) is 29.2 Å². The van der Waals surface area contributed by atoms with Gasteiger partial charge in [-0.2, -0.15) is 0 Å². The van der Waals surface area contributed by atoms with Crippen molar-refractivity contribution in [2.75, 3.05) is 33.0 Å². The van der Waals surface area contributed by atoms with Crippen LogP contribution >= 0.6 is 35.1 Å². The molecule has 4 heterocycles. The standard InChI is InChI=1S/C22H21N3O3S2.ClH/c26-22(6-4-16-3-5-18-19(12-16)28-15-27-18)25-9-7-24(8-10-25)13-21-23-17(14-30-21)20-2-1-11-29-20;/h1-6,11-12,14H,7-10,13,15H2;1H/b6-4+;. The van der Waals surface area contributed by atoms with Gasteiger partial charge in [0.25, 0.3) is 0 Å². The summed E-state index contributed by atoms with van der Waals surface area (Å²) in [6, 6.07) is 9.84. The number of carbonyl (C=O) groups excluding carboxylic acids is 1. The molecule has 3 aromatic rings. The summed E-state index contributed by atoms with van der Waals surface area (Å²) in [6.07, 6.45) is 3.47. The zero-order chi connectivity index (χ0) is 20.3. The summed E-state index contributed by atoms with van der Waals surface area (Å²) >= 11 is 3.42. The first kappa shape index (κ1) is 21.8. The van der Waals surface area contributed by atoms with Crippen LogP contribution < -0.4 is 9.47 Å². The van der Waals surface area contributed by atoms with Gasteiger partial charge in [0.05, 0.1) is 17.1 Å². The second kappa shape index (κ2) is 9.82. The zero-order valence-electron chi connectivity index (χ0n) is 16.7. The highest BCUT2D eigenvalue weighted by molar-refractivity contribution is 7.14. The quantitative estimate of drug-likeness (QED) is 0.512. The number of halogens is 1. The maximum Gasteiger partial charge on any atom is 0.246 e. The molecule has 2 aliphatic heterocycles. The number of fused-ring (bicyclic) bond motifs is 1. The molecule has 1 aromatic carbocycles. The predicted octanol–water partition coefficient (Wildman–Crippen LogP) is 4.38. The van der Waals surface area contributed by atoms with E-state index in [9.17, 15) is 4.79 Å². The molecule has 0 aliphatic carbocycles. The van der Waals surface area contributed by atoms with Gasteiger partial charge in [-0.3, -0.25) is 9.69 Å². The highest BCUT2D eigenvalue weighted by Gasteiger charge is 2.21. The average Bonchev–Trinajstić information content (AvgIpc) is 3.53. The Morgan fingerprint density at radius 2 is 1.94 bits per heavy atom. The van der Waals surface area contributed by atoms with Crippen LogP contribution in [0.2, 0.25) is 0 Å². The Bertz CT molecular complexity index is 1060. The number of thiophene rings is 1.